The van der Waals surface area contributed by atoms with Gasteiger partial charge in [-0.25, -0.2) is 0 Å². The van der Waals surface area contributed by atoms with Gasteiger partial charge in [-0.15, -0.1) is 0 Å². The van der Waals surface area contributed by atoms with Crippen LogP contribution in [0.1, 0.15) is 12.0 Å². The van der Waals surface area contributed by atoms with Crippen LogP contribution in [0, 0.1) is 0 Å². The highest BCUT2D eigenvalue weighted by Crippen LogP contribution is 2.12. The van der Waals surface area contributed by atoms with Gasteiger partial charge >= 0.3 is 0 Å². The number of nitrogens with one attached hydrogen (secondary N) is 1. The molecule has 0 bridgehead atoms. The molecule has 1 aromatic rings. The van der Waals surface area contributed by atoms with Gasteiger partial charge in [0.2, 0.25) is 5.91 Å². The third kappa shape index (κ3) is 2.54. The molecule has 16 heavy (non-hydrogen) atoms. The average Bonchev–Trinajstić information content (AvgIpc) is 2.60. The lowest BCUT2D eigenvalue weighted by Crippen LogP contribution is -2.36. The van der Waals surface area contributed by atoms with E-state index in [4.69, 9.17) is 11.6 Å². The normalized spacial score (nSPS) is 20.5. The molecule has 1 amide bonds. The highest BCUT2D eigenvalue weighted by atomic mass is 35.5. The minimum absolute atomic E-state index is 0.0271. The fraction of sp³-hybridized carbons (Fsp3) is 0.417. The molecule has 2 rings (SSSR count). The first-order valence-electron chi connectivity index (χ1n) is 5.39. The van der Waals surface area contributed by atoms with E-state index in [-0.39, 0.29) is 11.9 Å². The molecular weight excluding hydrogens is 224 g/mol. The van der Waals surface area contributed by atoms with E-state index in [9.17, 15) is 4.79 Å². The summed E-state index contributed by atoms with van der Waals surface area (Å²) >= 11 is 5.80. The van der Waals surface area contributed by atoms with Crippen LogP contribution in [0.25, 0.3) is 0 Å². The van der Waals surface area contributed by atoms with E-state index in [2.05, 4.69) is 5.32 Å². The van der Waals surface area contributed by atoms with Crippen LogP contribution in [0.15, 0.2) is 24.3 Å². The van der Waals surface area contributed by atoms with Crippen molar-refractivity contribution in [1.82, 2.24) is 10.2 Å². The first kappa shape index (κ1) is 11.4. The largest absolute Gasteiger partial charge is 0.344 e. The summed E-state index contributed by atoms with van der Waals surface area (Å²) in [5.74, 6) is 0.189. The third-order valence-electron chi connectivity index (χ3n) is 2.89. The molecule has 1 aliphatic heterocycles. The molecule has 0 radical (unpaired) electrons. The summed E-state index contributed by atoms with van der Waals surface area (Å²) in [6.45, 7) is 1.55. The van der Waals surface area contributed by atoms with Crippen molar-refractivity contribution in [1.29, 1.82) is 0 Å². The summed E-state index contributed by atoms with van der Waals surface area (Å²) < 4.78 is 0. The number of amides is 1. The van der Waals surface area contributed by atoms with E-state index in [0.717, 1.165) is 23.6 Å². The molecule has 1 heterocycles. The topological polar surface area (TPSA) is 32.3 Å². The van der Waals surface area contributed by atoms with Crippen LogP contribution in [0.2, 0.25) is 5.02 Å². The summed E-state index contributed by atoms with van der Waals surface area (Å²) in [4.78, 5) is 13.4. The molecule has 1 aliphatic rings. The number of hydrogen-bond acceptors (Lipinski definition) is 2. The highest BCUT2D eigenvalue weighted by Gasteiger charge is 2.28. The van der Waals surface area contributed by atoms with Crippen molar-refractivity contribution < 1.29 is 4.79 Å². The zero-order chi connectivity index (χ0) is 11.5. The molecule has 0 saturated carbocycles. The van der Waals surface area contributed by atoms with Crippen molar-refractivity contribution in [2.24, 2.45) is 0 Å². The standard InChI is InChI=1S/C12H15ClN2O/c1-15-7-6-11(12(15)16)14-8-9-2-4-10(13)5-3-9/h2-5,11,14H,6-8H2,1H3. The number of nitrogens with zero attached hydrogens (tertiary/aromatic N) is 1. The molecule has 1 N–H and O–H groups in total. The Hall–Kier alpha value is -1.06. The molecular formula is C12H15ClN2O. The minimum atomic E-state index is -0.0271. The fourth-order valence-electron chi connectivity index (χ4n) is 1.86. The first-order valence-corrected chi connectivity index (χ1v) is 5.77. The zero-order valence-corrected chi connectivity index (χ0v) is 10.00. The smallest absolute Gasteiger partial charge is 0.239 e. The lowest BCUT2D eigenvalue weighted by Gasteiger charge is -2.12. The van der Waals surface area contributed by atoms with Gasteiger partial charge in [-0.2, -0.15) is 0 Å². The number of likely N-dealkylation sites (tertiary alicyclic amines) is 1. The number of rotatable bonds is 3. The first-order chi connectivity index (χ1) is 7.66. The lowest BCUT2D eigenvalue weighted by molar-refractivity contribution is -0.128. The molecule has 86 valence electrons. The molecule has 1 saturated heterocycles. The van der Waals surface area contributed by atoms with Crippen molar-refractivity contribution in [2.75, 3.05) is 13.6 Å². The van der Waals surface area contributed by atoms with Crippen LogP contribution in [0.5, 0.6) is 0 Å². The van der Waals surface area contributed by atoms with Crippen LogP contribution >= 0.6 is 11.6 Å². The predicted molar refractivity (Wildman–Crippen MR) is 64.3 cm³/mol. The van der Waals surface area contributed by atoms with Gasteiger partial charge in [-0.1, -0.05) is 23.7 Å². The van der Waals surface area contributed by atoms with E-state index < -0.39 is 0 Å². The lowest BCUT2D eigenvalue weighted by atomic mass is 10.2. The van der Waals surface area contributed by atoms with Crippen LogP contribution in [-0.4, -0.2) is 30.4 Å². The van der Waals surface area contributed by atoms with Gasteiger partial charge in [0.1, 0.15) is 0 Å². The monoisotopic (exact) mass is 238 g/mol. The Morgan fingerprint density at radius 1 is 1.44 bits per heavy atom. The van der Waals surface area contributed by atoms with Crippen LogP contribution in [-0.2, 0) is 11.3 Å². The second-order valence-electron chi connectivity index (χ2n) is 4.11. The molecule has 1 unspecified atom stereocenters. The molecule has 1 atom stereocenters. The van der Waals surface area contributed by atoms with Gasteiger partial charge in [-0.3, -0.25) is 4.79 Å². The van der Waals surface area contributed by atoms with Crippen LogP contribution in [0.3, 0.4) is 0 Å². The maximum atomic E-state index is 11.6. The van der Waals surface area contributed by atoms with Crippen molar-refractivity contribution in [2.45, 2.75) is 19.0 Å². The molecule has 3 nitrogen and oxygen atoms in total. The Morgan fingerprint density at radius 3 is 2.69 bits per heavy atom. The van der Waals surface area contributed by atoms with Crippen molar-refractivity contribution in [3.63, 3.8) is 0 Å². The zero-order valence-electron chi connectivity index (χ0n) is 9.24. The minimum Gasteiger partial charge on any atom is -0.344 e. The van der Waals surface area contributed by atoms with E-state index in [0.29, 0.717) is 6.54 Å². The molecule has 1 aromatic carbocycles. The average molecular weight is 239 g/mol. The highest BCUT2D eigenvalue weighted by molar-refractivity contribution is 6.30. The Labute approximate surface area is 100 Å². The number of halogens is 1. The summed E-state index contributed by atoms with van der Waals surface area (Å²) in [6.07, 6.45) is 0.892. The fourth-order valence-corrected chi connectivity index (χ4v) is 1.98. The Bertz CT molecular complexity index is 377. The third-order valence-corrected chi connectivity index (χ3v) is 3.15. The van der Waals surface area contributed by atoms with E-state index in [1.807, 2.05) is 31.3 Å². The van der Waals surface area contributed by atoms with Gasteiger partial charge in [0.15, 0.2) is 0 Å². The van der Waals surface area contributed by atoms with Crippen LogP contribution in [0.4, 0.5) is 0 Å². The summed E-state index contributed by atoms with van der Waals surface area (Å²) in [7, 11) is 1.84. The van der Waals surface area contributed by atoms with E-state index in [1.54, 1.807) is 4.90 Å². The molecule has 0 aliphatic carbocycles. The van der Waals surface area contributed by atoms with Crippen LogP contribution < -0.4 is 5.32 Å². The van der Waals surface area contributed by atoms with Crippen molar-refractivity contribution in [3.8, 4) is 0 Å². The van der Waals surface area contributed by atoms with E-state index >= 15 is 0 Å². The van der Waals surface area contributed by atoms with Gasteiger partial charge in [0, 0.05) is 25.2 Å². The maximum absolute atomic E-state index is 11.6. The van der Waals surface area contributed by atoms with Crippen molar-refractivity contribution in [3.05, 3.63) is 34.9 Å². The summed E-state index contributed by atoms with van der Waals surface area (Å²) in [6, 6.07) is 7.64. The number of carbonyl (C=O) groups excluding carboxylic acids is 1. The molecule has 1 fully saturated rings. The Balaban J connectivity index is 1.88. The number of hydrogen-bond donors (Lipinski definition) is 1. The second-order valence-corrected chi connectivity index (χ2v) is 4.54. The Kier molecular flexibility index (Phi) is 3.46. The van der Waals surface area contributed by atoms with Crippen molar-refractivity contribution >= 4 is 17.5 Å². The SMILES string of the molecule is CN1CCC(NCc2ccc(Cl)cc2)C1=O. The Morgan fingerprint density at radius 2 is 2.12 bits per heavy atom. The van der Waals surface area contributed by atoms with E-state index in [1.165, 1.54) is 0 Å². The second kappa shape index (κ2) is 4.85. The summed E-state index contributed by atoms with van der Waals surface area (Å²) in [5.41, 5.74) is 1.15. The summed E-state index contributed by atoms with van der Waals surface area (Å²) in [5, 5.41) is 4.00. The van der Waals surface area contributed by atoms with Gasteiger partial charge in [-0.05, 0) is 24.1 Å². The maximum Gasteiger partial charge on any atom is 0.239 e. The molecule has 0 aromatic heterocycles. The predicted octanol–water partition coefficient (Wildman–Crippen LogP) is 1.66. The van der Waals surface area contributed by atoms with Gasteiger partial charge in [0.05, 0.1) is 6.04 Å². The van der Waals surface area contributed by atoms with Gasteiger partial charge < -0.3 is 10.2 Å². The molecule has 0 spiro atoms. The molecule has 4 heteroatoms. The number of likely N-dealkylation sites (N-methyl/N-ethyl adjacent to an activating group) is 1. The number of carbonyl (C=O) groups is 1. The quantitative estimate of drug-likeness (QED) is 0.869. The number of benzene rings is 1. The van der Waals surface area contributed by atoms with Gasteiger partial charge in [0.25, 0.3) is 0 Å².